The van der Waals surface area contributed by atoms with E-state index in [1.54, 1.807) is 25.1 Å². The number of carbonyl (C=O) groups excluding carboxylic acids is 1. The van der Waals surface area contributed by atoms with Crippen molar-refractivity contribution in [1.29, 1.82) is 5.26 Å². The van der Waals surface area contributed by atoms with Crippen LogP contribution in [0.15, 0.2) is 18.2 Å². The number of carbonyl (C=O) groups is 1. The van der Waals surface area contributed by atoms with Crippen LogP contribution >= 0.6 is 11.6 Å². The fraction of sp³-hybridized carbons (Fsp3) is 0.333. The highest BCUT2D eigenvalue weighted by Crippen LogP contribution is 2.30. The molecule has 1 saturated heterocycles. The normalized spacial score (nSPS) is 23.9. The molecule has 1 aromatic carbocycles. The van der Waals surface area contributed by atoms with Crippen molar-refractivity contribution in [3.8, 4) is 6.07 Å². The van der Waals surface area contributed by atoms with Crippen molar-refractivity contribution >= 4 is 23.2 Å². The molecule has 88 valence electrons. The fourth-order valence-electron chi connectivity index (χ4n) is 1.97. The Morgan fingerprint density at radius 2 is 2.29 bits per heavy atom. The maximum absolute atomic E-state index is 11.7. The van der Waals surface area contributed by atoms with Crippen molar-refractivity contribution in [2.24, 2.45) is 0 Å². The summed E-state index contributed by atoms with van der Waals surface area (Å²) in [6.07, 6.45) is -0.532. The van der Waals surface area contributed by atoms with Gasteiger partial charge in [-0.15, -0.1) is 0 Å². The van der Waals surface area contributed by atoms with E-state index in [4.69, 9.17) is 16.9 Å². The molecular weight excluding hydrogens is 240 g/mol. The molecule has 1 N–H and O–H groups in total. The molecule has 4 nitrogen and oxygen atoms in total. The van der Waals surface area contributed by atoms with Crippen LogP contribution in [0.3, 0.4) is 0 Å². The van der Waals surface area contributed by atoms with Crippen LogP contribution in [0.4, 0.5) is 5.69 Å². The van der Waals surface area contributed by atoms with Crippen molar-refractivity contribution in [2.75, 3.05) is 4.90 Å². The molecule has 0 spiro atoms. The molecule has 0 radical (unpaired) electrons. The second-order valence-corrected chi connectivity index (χ2v) is 4.46. The number of hydrogen-bond donors (Lipinski definition) is 1. The van der Waals surface area contributed by atoms with Gasteiger partial charge >= 0.3 is 0 Å². The standard InChI is InChI=1S/C12H11ClN2O2/c1-7-11(16)5-12(17)15(7)9-3-2-8(6-14)10(13)4-9/h2-4,7,11,16H,5H2,1H3. The van der Waals surface area contributed by atoms with E-state index < -0.39 is 6.10 Å². The summed E-state index contributed by atoms with van der Waals surface area (Å²) in [4.78, 5) is 13.2. The van der Waals surface area contributed by atoms with E-state index in [-0.39, 0.29) is 18.4 Å². The lowest BCUT2D eigenvalue weighted by atomic mass is 10.1. The Morgan fingerprint density at radius 3 is 2.76 bits per heavy atom. The zero-order valence-electron chi connectivity index (χ0n) is 9.22. The van der Waals surface area contributed by atoms with Crippen LogP contribution in [0, 0.1) is 11.3 Å². The van der Waals surface area contributed by atoms with Gasteiger partial charge in [0.2, 0.25) is 5.91 Å². The molecule has 17 heavy (non-hydrogen) atoms. The van der Waals surface area contributed by atoms with Crippen LogP contribution in [-0.2, 0) is 4.79 Å². The van der Waals surface area contributed by atoms with E-state index >= 15 is 0 Å². The van der Waals surface area contributed by atoms with Crippen molar-refractivity contribution in [2.45, 2.75) is 25.5 Å². The zero-order chi connectivity index (χ0) is 12.6. The Hall–Kier alpha value is -1.57. The van der Waals surface area contributed by atoms with Gasteiger partial charge in [-0.05, 0) is 25.1 Å². The molecule has 2 atom stereocenters. The van der Waals surface area contributed by atoms with Gasteiger partial charge in [0.1, 0.15) is 6.07 Å². The van der Waals surface area contributed by atoms with Crippen LogP contribution in [0.5, 0.6) is 0 Å². The largest absolute Gasteiger partial charge is 0.390 e. The maximum atomic E-state index is 11.7. The minimum atomic E-state index is -0.656. The van der Waals surface area contributed by atoms with Gasteiger partial charge in [-0.1, -0.05) is 11.6 Å². The Morgan fingerprint density at radius 1 is 1.59 bits per heavy atom. The highest BCUT2D eigenvalue weighted by atomic mass is 35.5. The number of halogens is 1. The van der Waals surface area contributed by atoms with Crippen LogP contribution in [-0.4, -0.2) is 23.2 Å². The smallest absolute Gasteiger partial charge is 0.230 e. The molecule has 1 fully saturated rings. The monoisotopic (exact) mass is 250 g/mol. The first-order chi connectivity index (χ1) is 8.04. The highest BCUT2D eigenvalue weighted by molar-refractivity contribution is 6.32. The summed E-state index contributed by atoms with van der Waals surface area (Å²) in [5.41, 5.74) is 0.985. The second kappa shape index (κ2) is 4.36. The molecule has 2 rings (SSSR count). The molecule has 1 heterocycles. The first-order valence-corrected chi connectivity index (χ1v) is 5.62. The number of nitriles is 1. The number of amides is 1. The SMILES string of the molecule is CC1C(O)CC(=O)N1c1ccc(C#N)c(Cl)c1. The average Bonchev–Trinajstić information content (AvgIpc) is 2.53. The summed E-state index contributed by atoms with van der Waals surface area (Å²) in [5.74, 6) is -0.134. The van der Waals surface area contributed by atoms with Crippen LogP contribution < -0.4 is 4.90 Å². The Labute approximate surface area is 104 Å². The Bertz CT molecular complexity index is 510. The minimum absolute atomic E-state index is 0.124. The third-order valence-electron chi connectivity index (χ3n) is 2.97. The third-order valence-corrected chi connectivity index (χ3v) is 3.28. The second-order valence-electron chi connectivity index (χ2n) is 4.05. The molecule has 1 aliphatic rings. The van der Waals surface area contributed by atoms with Gasteiger partial charge in [0.05, 0.1) is 29.2 Å². The number of anilines is 1. The molecule has 0 aromatic heterocycles. The van der Waals surface area contributed by atoms with Crippen molar-refractivity contribution in [1.82, 2.24) is 0 Å². The lowest BCUT2D eigenvalue weighted by Crippen LogP contribution is -2.34. The fourth-order valence-corrected chi connectivity index (χ4v) is 2.19. The Kier molecular flexibility index (Phi) is 3.05. The van der Waals surface area contributed by atoms with Gasteiger partial charge in [0.25, 0.3) is 0 Å². The minimum Gasteiger partial charge on any atom is -0.390 e. The summed E-state index contributed by atoms with van der Waals surface area (Å²) in [5, 5.41) is 18.7. The predicted octanol–water partition coefficient (Wildman–Crippen LogP) is 1.70. The molecule has 0 aliphatic carbocycles. The molecular formula is C12H11ClN2O2. The molecule has 1 aromatic rings. The highest BCUT2D eigenvalue weighted by Gasteiger charge is 2.36. The summed E-state index contributed by atoms with van der Waals surface area (Å²) in [6.45, 7) is 1.78. The van der Waals surface area contributed by atoms with Gasteiger partial charge in [-0.3, -0.25) is 4.79 Å². The summed E-state index contributed by atoms with van der Waals surface area (Å²) in [6, 6.07) is 6.50. The lowest BCUT2D eigenvalue weighted by Gasteiger charge is -2.23. The Balaban J connectivity index is 2.39. The van der Waals surface area contributed by atoms with E-state index in [0.717, 1.165) is 0 Å². The molecule has 2 unspecified atom stereocenters. The first kappa shape index (κ1) is 11.9. The summed E-state index contributed by atoms with van der Waals surface area (Å²) >= 11 is 5.92. The average molecular weight is 251 g/mol. The van der Waals surface area contributed by atoms with E-state index in [1.807, 2.05) is 6.07 Å². The number of rotatable bonds is 1. The zero-order valence-corrected chi connectivity index (χ0v) is 9.98. The predicted molar refractivity (Wildman–Crippen MR) is 63.7 cm³/mol. The van der Waals surface area contributed by atoms with Gasteiger partial charge in [0, 0.05) is 5.69 Å². The van der Waals surface area contributed by atoms with Crippen LogP contribution in [0.1, 0.15) is 18.9 Å². The van der Waals surface area contributed by atoms with Crippen LogP contribution in [0.25, 0.3) is 0 Å². The van der Waals surface area contributed by atoms with Crippen LogP contribution in [0.2, 0.25) is 5.02 Å². The number of hydrogen-bond acceptors (Lipinski definition) is 3. The van der Waals surface area contributed by atoms with E-state index in [0.29, 0.717) is 16.3 Å². The molecule has 0 saturated carbocycles. The lowest BCUT2D eigenvalue weighted by molar-refractivity contribution is -0.117. The van der Waals surface area contributed by atoms with Gasteiger partial charge in [0.15, 0.2) is 0 Å². The van der Waals surface area contributed by atoms with E-state index in [9.17, 15) is 9.90 Å². The summed E-state index contributed by atoms with van der Waals surface area (Å²) < 4.78 is 0. The summed E-state index contributed by atoms with van der Waals surface area (Å²) in [7, 11) is 0. The first-order valence-electron chi connectivity index (χ1n) is 5.24. The number of benzene rings is 1. The topological polar surface area (TPSA) is 64.3 Å². The third kappa shape index (κ3) is 1.99. The van der Waals surface area contributed by atoms with Gasteiger partial charge in [-0.2, -0.15) is 5.26 Å². The number of aliphatic hydroxyl groups excluding tert-OH is 1. The number of nitrogens with zero attached hydrogens (tertiary/aromatic N) is 2. The van der Waals surface area contributed by atoms with Crippen molar-refractivity contribution in [3.63, 3.8) is 0 Å². The molecule has 1 amide bonds. The molecule has 0 bridgehead atoms. The molecule has 1 aliphatic heterocycles. The van der Waals surface area contributed by atoms with Crippen molar-refractivity contribution < 1.29 is 9.90 Å². The van der Waals surface area contributed by atoms with Gasteiger partial charge in [-0.25, -0.2) is 0 Å². The quantitative estimate of drug-likeness (QED) is 0.825. The van der Waals surface area contributed by atoms with E-state index in [1.165, 1.54) is 4.90 Å². The van der Waals surface area contributed by atoms with Gasteiger partial charge < -0.3 is 10.0 Å². The molecule has 5 heteroatoms. The van der Waals surface area contributed by atoms with E-state index in [2.05, 4.69) is 0 Å². The number of aliphatic hydroxyl groups is 1. The van der Waals surface area contributed by atoms with Crippen molar-refractivity contribution in [3.05, 3.63) is 28.8 Å². The maximum Gasteiger partial charge on any atom is 0.230 e.